The minimum absolute atomic E-state index is 0.0184. The van der Waals surface area contributed by atoms with Crippen molar-refractivity contribution in [3.05, 3.63) is 60.1 Å². The number of ether oxygens (including phenoxy) is 1. The molecule has 2 aromatic rings. The van der Waals surface area contributed by atoms with Crippen LogP contribution in [0.1, 0.15) is 11.1 Å². The molecule has 0 bridgehead atoms. The van der Waals surface area contributed by atoms with Gasteiger partial charge in [-0.2, -0.15) is 4.31 Å². The molecule has 0 atom stereocenters. The van der Waals surface area contributed by atoms with Crippen LogP contribution in [0.4, 0.5) is 0 Å². The van der Waals surface area contributed by atoms with Crippen molar-refractivity contribution in [1.82, 2.24) is 4.31 Å². The highest BCUT2D eigenvalue weighted by Crippen LogP contribution is 2.14. The molecule has 5 nitrogen and oxygen atoms in total. The predicted molar refractivity (Wildman–Crippen MR) is 80.1 cm³/mol. The van der Waals surface area contributed by atoms with Gasteiger partial charge >= 0.3 is 0 Å². The highest BCUT2D eigenvalue weighted by molar-refractivity contribution is 7.88. The Labute approximate surface area is 125 Å². The second-order valence-electron chi connectivity index (χ2n) is 4.70. The molecule has 1 aromatic carbocycles. The lowest BCUT2D eigenvalue weighted by atomic mass is 10.2. The van der Waals surface area contributed by atoms with Crippen molar-refractivity contribution < 1.29 is 17.6 Å². The Morgan fingerprint density at radius 2 is 1.90 bits per heavy atom. The third-order valence-electron chi connectivity index (χ3n) is 3.07. The van der Waals surface area contributed by atoms with Gasteiger partial charge < -0.3 is 9.15 Å². The standard InChI is InChI=1S/C15H19NO4S/c1-19-10-8-16(11-15-7-9-20-12-15)21(17,18)13-14-5-3-2-4-6-14/h2-7,9,12H,8,10-11,13H2,1H3. The lowest BCUT2D eigenvalue weighted by Crippen LogP contribution is -2.34. The molecule has 1 heterocycles. The summed E-state index contributed by atoms with van der Waals surface area (Å²) in [5, 5.41) is 0. The van der Waals surface area contributed by atoms with Gasteiger partial charge in [0.25, 0.3) is 0 Å². The number of hydrogen-bond donors (Lipinski definition) is 0. The maximum Gasteiger partial charge on any atom is 0.218 e. The zero-order valence-corrected chi connectivity index (χ0v) is 12.8. The first-order valence-electron chi connectivity index (χ1n) is 6.63. The molecule has 0 amide bonds. The van der Waals surface area contributed by atoms with Crippen LogP contribution in [0.15, 0.2) is 53.3 Å². The van der Waals surface area contributed by atoms with E-state index in [2.05, 4.69) is 0 Å². The van der Waals surface area contributed by atoms with E-state index in [1.165, 1.54) is 10.6 Å². The third-order valence-corrected chi connectivity index (χ3v) is 4.87. The lowest BCUT2D eigenvalue weighted by Gasteiger charge is -2.21. The van der Waals surface area contributed by atoms with E-state index in [-0.39, 0.29) is 12.3 Å². The number of methoxy groups -OCH3 is 1. The Balaban J connectivity index is 2.13. The maximum atomic E-state index is 12.6. The molecule has 0 saturated carbocycles. The quantitative estimate of drug-likeness (QED) is 0.750. The molecule has 0 unspecified atom stereocenters. The molecule has 114 valence electrons. The Kier molecular flexibility index (Phi) is 5.55. The van der Waals surface area contributed by atoms with E-state index in [4.69, 9.17) is 9.15 Å². The molecule has 0 fully saturated rings. The van der Waals surface area contributed by atoms with Crippen molar-refractivity contribution >= 4 is 10.0 Å². The van der Waals surface area contributed by atoms with Crippen molar-refractivity contribution in [2.75, 3.05) is 20.3 Å². The van der Waals surface area contributed by atoms with E-state index in [9.17, 15) is 8.42 Å². The number of nitrogens with zero attached hydrogens (tertiary/aromatic N) is 1. The molecule has 21 heavy (non-hydrogen) atoms. The monoisotopic (exact) mass is 309 g/mol. The Morgan fingerprint density at radius 1 is 1.14 bits per heavy atom. The van der Waals surface area contributed by atoms with Crippen LogP contribution in [-0.2, 0) is 27.1 Å². The van der Waals surface area contributed by atoms with Gasteiger partial charge in [0.2, 0.25) is 10.0 Å². The normalized spacial score (nSPS) is 11.9. The van der Waals surface area contributed by atoms with Crippen molar-refractivity contribution in [3.63, 3.8) is 0 Å². The molecule has 2 rings (SSSR count). The van der Waals surface area contributed by atoms with Gasteiger partial charge in [0.15, 0.2) is 0 Å². The van der Waals surface area contributed by atoms with E-state index in [0.29, 0.717) is 13.2 Å². The number of benzene rings is 1. The summed E-state index contributed by atoms with van der Waals surface area (Å²) in [6.07, 6.45) is 3.09. The second-order valence-corrected chi connectivity index (χ2v) is 6.67. The zero-order valence-electron chi connectivity index (χ0n) is 11.9. The second kappa shape index (κ2) is 7.40. The van der Waals surface area contributed by atoms with Gasteiger partial charge in [-0.15, -0.1) is 0 Å². The average molecular weight is 309 g/mol. The highest BCUT2D eigenvalue weighted by Gasteiger charge is 2.22. The maximum absolute atomic E-state index is 12.6. The fraction of sp³-hybridized carbons (Fsp3) is 0.333. The van der Waals surface area contributed by atoms with Gasteiger partial charge in [0.05, 0.1) is 24.9 Å². The van der Waals surface area contributed by atoms with Crippen LogP contribution < -0.4 is 0 Å². The van der Waals surface area contributed by atoms with E-state index >= 15 is 0 Å². The Bertz CT molecular complexity index is 623. The Hall–Kier alpha value is -1.63. The van der Waals surface area contributed by atoms with Gasteiger partial charge in [-0.1, -0.05) is 30.3 Å². The van der Waals surface area contributed by atoms with Gasteiger partial charge in [0.1, 0.15) is 0 Å². The molecule has 0 aliphatic heterocycles. The highest BCUT2D eigenvalue weighted by atomic mass is 32.2. The minimum atomic E-state index is -3.41. The fourth-order valence-electron chi connectivity index (χ4n) is 1.97. The molecular weight excluding hydrogens is 290 g/mol. The van der Waals surface area contributed by atoms with Crippen molar-refractivity contribution in [1.29, 1.82) is 0 Å². The number of sulfonamides is 1. The summed E-state index contributed by atoms with van der Waals surface area (Å²) >= 11 is 0. The van der Waals surface area contributed by atoms with Crippen LogP contribution in [0.3, 0.4) is 0 Å². The molecule has 1 aromatic heterocycles. The van der Waals surface area contributed by atoms with Gasteiger partial charge in [-0.3, -0.25) is 0 Å². The van der Waals surface area contributed by atoms with E-state index in [1.54, 1.807) is 19.4 Å². The number of rotatable bonds is 8. The van der Waals surface area contributed by atoms with Crippen LogP contribution in [-0.4, -0.2) is 33.0 Å². The zero-order chi connectivity index (χ0) is 15.1. The smallest absolute Gasteiger partial charge is 0.218 e. The largest absolute Gasteiger partial charge is 0.472 e. The summed E-state index contributed by atoms with van der Waals surface area (Å²) < 4.78 is 36.6. The first kappa shape index (κ1) is 15.8. The molecule has 0 aliphatic rings. The molecule has 0 saturated heterocycles. The molecule has 6 heteroatoms. The van der Waals surface area contributed by atoms with Gasteiger partial charge in [0, 0.05) is 25.8 Å². The van der Waals surface area contributed by atoms with Crippen molar-refractivity contribution in [2.45, 2.75) is 12.3 Å². The Morgan fingerprint density at radius 3 is 2.52 bits per heavy atom. The summed E-state index contributed by atoms with van der Waals surface area (Å²) in [6, 6.07) is 10.9. The van der Waals surface area contributed by atoms with Crippen LogP contribution >= 0.6 is 0 Å². The topological polar surface area (TPSA) is 59.8 Å². The molecule has 0 radical (unpaired) electrons. The van der Waals surface area contributed by atoms with Crippen LogP contribution in [0, 0.1) is 0 Å². The molecule has 0 spiro atoms. The summed E-state index contributed by atoms with van der Waals surface area (Å²) in [7, 11) is -1.86. The SMILES string of the molecule is COCCN(Cc1ccoc1)S(=O)(=O)Cc1ccccc1. The summed E-state index contributed by atoms with van der Waals surface area (Å²) in [6.45, 7) is 0.956. The summed E-state index contributed by atoms with van der Waals surface area (Å²) in [5.74, 6) is -0.0184. The first-order valence-corrected chi connectivity index (χ1v) is 8.24. The molecular formula is C15H19NO4S. The van der Waals surface area contributed by atoms with Crippen LogP contribution in [0.25, 0.3) is 0 Å². The fourth-order valence-corrected chi connectivity index (χ4v) is 3.47. The summed E-state index contributed by atoms with van der Waals surface area (Å²) in [4.78, 5) is 0. The summed E-state index contributed by atoms with van der Waals surface area (Å²) in [5.41, 5.74) is 1.59. The predicted octanol–water partition coefficient (Wildman–Crippen LogP) is 2.26. The molecule has 0 N–H and O–H groups in total. The third kappa shape index (κ3) is 4.70. The average Bonchev–Trinajstić information content (AvgIpc) is 2.97. The minimum Gasteiger partial charge on any atom is -0.472 e. The van der Waals surface area contributed by atoms with Gasteiger partial charge in [-0.25, -0.2) is 8.42 Å². The van der Waals surface area contributed by atoms with Gasteiger partial charge in [-0.05, 0) is 11.6 Å². The van der Waals surface area contributed by atoms with Crippen molar-refractivity contribution in [3.8, 4) is 0 Å². The first-order chi connectivity index (χ1) is 10.1. The van der Waals surface area contributed by atoms with E-state index in [1.807, 2.05) is 30.3 Å². The van der Waals surface area contributed by atoms with Crippen LogP contribution in [0.2, 0.25) is 0 Å². The molecule has 0 aliphatic carbocycles. The lowest BCUT2D eigenvalue weighted by molar-refractivity contribution is 0.177. The van der Waals surface area contributed by atoms with Crippen LogP contribution in [0.5, 0.6) is 0 Å². The number of hydrogen-bond acceptors (Lipinski definition) is 4. The van der Waals surface area contributed by atoms with E-state index in [0.717, 1.165) is 11.1 Å². The number of furan rings is 1. The van der Waals surface area contributed by atoms with Crippen molar-refractivity contribution in [2.24, 2.45) is 0 Å². The van der Waals surface area contributed by atoms with E-state index < -0.39 is 10.0 Å².